The summed E-state index contributed by atoms with van der Waals surface area (Å²) in [5.41, 5.74) is 0.264. The van der Waals surface area contributed by atoms with E-state index in [1.165, 1.54) is 41.6 Å². The van der Waals surface area contributed by atoms with Crippen molar-refractivity contribution in [2.24, 2.45) is 0 Å². The van der Waals surface area contributed by atoms with Crippen LogP contribution in [0.1, 0.15) is 31.2 Å². The minimum atomic E-state index is -4.23. The Morgan fingerprint density at radius 1 is 1.12 bits per heavy atom. The molecule has 2 amide bonds. The molecule has 8 nitrogen and oxygen atoms in total. The quantitative estimate of drug-likeness (QED) is 0.570. The highest BCUT2D eigenvalue weighted by Gasteiger charge is 2.48. The molecule has 0 unspecified atom stereocenters. The summed E-state index contributed by atoms with van der Waals surface area (Å²) < 4.78 is 41.8. The highest BCUT2D eigenvalue weighted by molar-refractivity contribution is 7.89. The number of hydrogen-bond donors (Lipinski definition) is 3. The lowest BCUT2D eigenvalue weighted by Crippen LogP contribution is -2.46. The summed E-state index contributed by atoms with van der Waals surface area (Å²) in [6, 6.07) is 4.96. The lowest BCUT2D eigenvalue weighted by Gasteiger charge is -2.33. The molecule has 4 rings (SSSR count). The molecule has 2 fully saturated rings. The molecular formula is C21H21ClFN3O5S. The molecule has 0 radical (unpaired) electrons. The molecule has 170 valence electrons. The van der Waals surface area contributed by atoms with Crippen molar-refractivity contribution < 1.29 is 27.5 Å². The van der Waals surface area contributed by atoms with Crippen LogP contribution in [-0.2, 0) is 14.8 Å². The topological polar surface area (TPSA) is 116 Å². The molecular weight excluding hydrogens is 461 g/mol. The maximum Gasteiger partial charge on any atom is 0.323 e. The Kier molecular flexibility index (Phi) is 5.87. The van der Waals surface area contributed by atoms with Crippen molar-refractivity contribution >= 4 is 44.8 Å². The van der Waals surface area contributed by atoms with E-state index >= 15 is 0 Å². The van der Waals surface area contributed by atoms with Crippen LogP contribution < -0.4 is 10.6 Å². The molecule has 2 aromatic carbocycles. The molecule has 2 bridgehead atoms. The smallest absolute Gasteiger partial charge is 0.323 e. The van der Waals surface area contributed by atoms with Crippen LogP contribution in [0.25, 0.3) is 0 Å². The first-order valence-electron chi connectivity index (χ1n) is 9.99. The monoisotopic (exact) mass is 481 g/mol. The molecule has 2 aliphatic heterocycles. The number of rotatable bonds is 4. The summed E-state index contributed by atoms with van der Waals surface area (Å²) in [5.74, 6) is -1.20. The van der Waals surface area contributed by atoms with Gasteiger partial charge in [-0.2, -0.15) is 4.31 Å². The molecule has 0 aliphatic carbocycles. The number of Topliss-reactive ketones (excluding diaryl/α,β-unsaturated/α-hetero) is 1. The molecule has 2 heterocycles. The Labute approximate surface area is 189 Å². The van der Waals surface area contributed by atoms with Gasteiger partial charge < -0.3 is 15.7 Å². The fourth-order valence-electron chi connectivity index (χ4n) is 4.34. The maximum absolute atomic E-state index is 13.7. The van der Waals surface area contributed by atoms with Crippen LogP contribution >= 0.6 is 11.6 Å². The number of nitrogens with one attached hydrogen (secondary N) is 2. The molecule has 32 heavy (non-hydrogen) atoms. The van der Waals surface area contributed by atoms with Gasteiger partial charge in [0.25, 0.3) is 0 Å². The Morgan fingerprint density at radius 3 is 2.41 bits per heavy atom. The zero-order chi connectivity index (χ0) is 23.2. The Balaban J connectivity index is 1.62. The molecule has 11 heteroatoms. The SMILES string of the molecule is Cc1c(F)cccc1NC(=O)Nc1ccc(Cl)c(S(=O)(=O)N2[C@H]3CC[C@H]2CC(=O)C3)c1O. The molecule has 0 saturated carbocycles. The van der Waals surface area contributed by atoms with Gasteiger partial charge in [-0.15, -0.1) is 0 Å². The van der Waals surface area contributed by atoms with Gasteiger partial charge in [0, 0.05) is 36.2 Å². The van der Waals surface area contributed by atoms with E-state index in [0.717, 1.165) is 0 Å². The molecule has 2 saturated heterocycles. The number of hydrogen-bond acceptors (Lipinski definition) is 5. The van der Waals surface area contributed by atoms with Crippen molar-refractivity contribution in [3.8, 4) is 5.75 Å². The van der Waals surface area contributed by atoms with Gasteiger partial charge in [-0.05, 0) is 44.0 Å². The van der Waals surface area contributed by atoms with Gasteiger partial charge in [0.2, 0.25) is 10.0 Å². The van der Waals surface area contributed by atoms with Gasteiger partial charge >= 0.3 is 6.03 Å². The van der Waals surface area contributed by atoms with Gasteiger partial charge in [0.05, 0.1) is 10.7 Å². The standard InChI is InChI=1S/C21H21ClFN3O5S/c1-11-16(23)3-2-4-17(11)24-21(29)25-18-8-7-15(22)20(19(18)28)32(30,31)26-12-5-6-13(26)10-14(27)9-12/h2-4,7-8,12-13,28H,5-6,9-10H2,1H3,(H2,24,25,29)/t12-,13-/m0/s1. The fourth-order valence-corrected chi connectivity index (χ4v) is 6.81. The predicted octanol–water partition coefficient (Wildman–Crippen LogP) is 4.02. The van der Waals surface area contributed by atoms with E-state index in [9.17, 15) is 27.5 Å². The average molecular weight is 482 g/mol. The number of anilines is 2. The van der Waals surface area contributed by atoms with Crippen LogP contribution in [0.5, 0.6) is 5.75 Å². The van der Waals surface area contributed by atoms with E-state index in [0.29, 0.717) is 12.8 Å². The number of urea groups is 1. The Hall–Kier alpha value is -2.69. The molecule has 2 atom stereocenters. The van der Waals surface area contributed by atoms with E-state index in [2.05, 4.69) is 10.6 Å². The molecule has 2 aliphatic rings. The number of phenols is 1. The van der Waals surface area contributed by atoms with Crippen molar-refractivity contribution in [2.45, 2.75) is 49.6 Å². The van der Waals surface area contributed by atoms with E-state index in [-0.39, 0.29) is 40.6 Å². The molecule has 0 aromatic heterocycles. The average Bonchev–Trinajstić information content (AvgIpc) is 3.00. The first kappa shape index (κ1) is 22.5. The second-order valence-corrected chi connectivity index (χ2v) is 10.1. The zero-order valence-corrected chi connectivity index (χ0v) is 18.6. The molecule has 3 N–H and O–H groups in total. The summed E-state index contributed by atoms with van der Waals surface area (Å²) in [6.07, 6.45) is 1.37. The predicted molar refractivity (Wildman–Crippen MR) is 117 cm³/mol. The number of aromatic hydroxyl groups is 1. The van der Waals surface area contributed by atoms with E-state index < -0.39 is 44.6 Å². The zero-order valence-electron chi connectivity index (χ0n) is 17.1. The number of halogens is 2. The minimum absolute atomic E-state index is 0.0130. The van der Waals surface area contributed by atoms with Gasteiger partial charge in [0.15, 0.2) is 5.75 Å². The Bertz CT molecular complexity index is 1200. The highest BCUT2D eigenvalue weighted by atomic mass is 35.5. The van der Waals surface area contributed by atoms with E-state index in [1.807, 2.05) is 0 Å². The van der Waals surface area contributed by atoms with Crippen molar-refractivity contribution in [1.29, 1.82) is 0 Å². The summed E-state index contributed by atoms with van der Waals surface area (Å²) in [5, 5.41) is 15.4. The summed E-state index contributed by atoms with van der Waals surface area (Å²) in [6.45, 7) is 1.49. The first-order valence-corrected chi connectivity index (χ1v) is 11.8. The number of piperidine rings is 1. The Morgan fingerprint density at radius 2 is 1.75 bits per heavy atom. The van der Waals surface area contributed by atoms with Crippen LogP contribution in [-0.4, -0.2) is 41.7 Å². The third-order valence-corrected chi connectivity index (χ3v) is 8.37. The van der Waals surface area contributed by atoms with Gasteiger partial charge in [-0.3, -0.25) is 4.79 Å². The third-order valence-electron chi connectivity index (χ3n) is 5.86. The number of benzene rings is 2. The summed E-state index contributed by atoms with van der Waals surface area (Å²) in [7, 11) is -4.23. The maximum atomic E-state index is 13.7. The van der Waals surface area contributed by atoms with Crippen LogP contribution in [0.2, 0.25) is 5.02 Å². The van der Waals surface area contributed by atoms with E-state index in [4.69, 9.17) is 11.6 Å². The van der Waals surface area contributed by atoms with Gasteiger partial charge in [-0.1, -0.05) is 17.7 Å². The van der Waals surface area contributed by atoms with Crippen LogP contribution in [0, 0.1) is 12.7 Å². The second-order valence-electron chi connectivity index (χ2n) is 7.93. The molecule has 0 spiro atoms. The minimum Gasteiger partial charge on any atom is -0.504 e. The van der Waals surface area contributed by atoms with Crippen molar-refractivity contribution in [3.63, 3.8) is 0 Å². The van der Waals surface area contributed by atoms with Gasteiger partial charge in [0.1, 0.15) is 16.5 Å². The summed E-state index contributed by atoms with van der Waals surface area (Å²) >= 11 is 6.15. The van der Waals surface area contributed by atoms with Crippen molar-refractivity contribution in [2.75, 3.05) is 10.6 Å². The fraction of sp³-hybridized carbons (Fsp3) is 0.333. The van der Waals surface area contributed by atoms with E-state index in [1.54, 1.807) is 0 Å². The van der Waals surface area contributed by atoms with Crippen molar-refractivity contribution in [1.82, 2.24) is 4.31 Å². The number of carbonyl (C=O) groups excluding carboxylic acids is 2. The molecule has 2 aromatic rings. The largest absolute Gasteiger partial charge is 0.504 e. The van der Waals surface area contributed by atoms with Gasteiger partial charge in [-0.25, -0.2) is 17.6 Å². The number of ketones is 1. The van der Waals surface area contributed by atoms with Crippen LogP contribution in [0.4, 0.5) is 20.6 Å². The third kappa shape index (κ3) is 3.94. The second kappa shape index (κ2) is 8.34. The number of amides is 2. The number of sulfonamides is 1. The number of phenolic OH excluding ortho intramolecular Hbond substituents is 1. The van der Waals surface area contributed by atoms with Crippen LogP contribution in [0.3, 0.4) is 0 Å². The number of fused-ring (bicyclic) bond motifs is 2. The number of nitrogens with zero attached hydrogens (tertiary/aromatic N) is 1. The van der Waals surface area contributed by atoms with Crippen LogP contribution in [0.15, 0.2) is 35.2 Å². The normalized spacial score (nSPS) is 20.9. The number of carbonyl (C=O) groups is 2. The van der Waals surface area contributed by atoms with Crippen molar-refractivity contribution in [3.05, 3.63) is 46.7 Å². The highest BCUT2D eigenvalue weighted by Crippen LogP contribution is 2.44. The summed E-state index contributed by atoms with van der Waals surface area (Å²) in [4.78, 5) is 23.7. The first-order chi connectivity index (χ1) is 15.1. The lowest BCUT2D eigenvalue weighted by atomic mass is 10.0. The lowest BCUT2D eigenvalue weighted by molar-refractivity contribution is -0.122.